The summed E-state index contributed by atoms with van der Waals surface area (Å²) < 4.78 is 0. The Morgan fingerprint density at radius 1 is 1.53 bits per heavy atom. The zero-order valence-electron chi connectivity index (χ0n) is 9.09. The third-order valence-electron chi connectivity index (χ3n) is 3.54. The quantitative estimate of drug-likeness (QED) is 0.615. The molecule has 0 bridgehead atoms. The number of hydrogen-bond donors (Lipinski definition) is 3. The molecule has 0 aromatic carbocycles. The molecule has 2 rings (SSSR count). The Bertz CT molecular complexity index is 233. The highest BCUT2D eigenvalue weighted by Gasteiger charge is 2.34. The van der Waals surface area contributed by atoms with Crippen LogP contribution < -0.4 is 10.6 Å². The third kappa shape index (κ3) is 2.92. The summed E-state index contributed by atoms with van der Waals surface area (Å²) in [6.45, 7) is 2.42. The summed E-state index contributed by atoms with van der Waals surface area (Å²) in [7, 11) is 0. The van der Waals surface area contributed by atoms with Crippen molar-refractivity contribution in [1.29, 1.82) is 0 Å². The van der Waals surface area contributed by atoms with Crippen molar-refractivity contribution >= 4 is 5.91 Å². The highest BCUT2D eigenvalue weighted by molar-refractivity contribution is 5.76. The van der Waals surface area contributed by atoms with E-state index in [-0.39, 0.29) is 5.91 Å². The second-order valence-electron chi connectivity index (χ2n) is 4.92. The molecule has 4 heteroatoms. The Morgan fingerprint density at radius 2 is 2.33 bits per heavy atom. The Kier molecular flexibility index (Phi) is 3.26. The largest absolute Gasteiger partial charge is 0.388 e. The number of amides is 1. The molecule has 1 aliphatic carbocycles. The summed E-state index contributed by atoms with van der Waals surface area (Å²) >= 11 is 0. The molecule has 0 spiro atoms. The van der Waals surface area contributed by atoms with Crippen molar-refractivity contribution in [2.45, 2.75) is 37.7 Å². The molecule has 2 aliphatic rings. The van der Waals surface area contributed by atoms with Crippen molar-refractivity contribution in [3.63, 3.8) is 0 Å². The van der Waals surface area contributed by atoms with E-state index in [1.165, 1.54) is 0 Å². The summed E-state index contributed by atoms with van der Waals surface area (Å²) in [5.41, 5.74) is -0.594. The van der Waals surface area contributed by atoms with E-state index in [0.717, 1.165) is 38.8 Å². The first-order valence-electron chi connectivity index (χ1n) is 5.88. The van der Waals surface area contributed by atoms with Crippen molar-refractivity contribution in [1.82, 2.24) is 10.6 Å². The highest BCUT2D eigenvalue weighted by Crippen LogP contribution is 2.30. The van der Waals surface area contributed by atoms with Crippen LogP contribution in [0, 0.1) is 5.92 Å². The molecule has 0 aromatic heterocycles. The van der Waals surface area contributed by atoms with Crippen LogP contribution in [0.4, 0.5) is 0 Å². The van der Waals surface area contributed by atoms with Gasteiger partial charge in [-0.2, -0.15) is 0 Å². The molecule has 1 aliphatic heterocycles. The first-order chi connectivity index (χ1) is 7.18. The molecule has 0 radical (unpaired) electrons. The number of carbonyl (C=O) groups is 1. The van der Waals surface area contributed by atoms with Gasteiger partial charge in [0.25, 0.3) is 0 Å². The Morgan fingerprint density at radius 3 is 2.87 bits per heavy atom. The van der Waals surface area contributed by atoms with E-state index in [4.69, 9.17) is 0 Å². The summed E-state index contributed by atoms with van der Waals surface area (Å²) in [6.07, 6.45) is 4.44. The molecule has 1 amide bonds. The number of hydrogen-bond acceptors (Lipinski definition) is 3. The minimum absolute atomic E-state index is 0.0871. The van der Waals surface area contributed by atoms with Gasteiger partial charge in [-0.05, 0) is 44.7 Å². The van der Waals surface area contributed by atoms with Crippen LogP contribution in [0.15, 0.2) is 0 Å². The molecule has 2 fully saturated rings. The van der Waals surface area contributed by atoms with Crippen LogP contribution in [0.5, 0.6) is 0 Å². The summed E-state index contributed by atoms with van der Waals surface area (Å²) in [4.78, 5) is 11.5. The zero-order chi connectivity index (χ0) is 10.7. The van der Waals surface area contributed by atoms with Crippen molar-refractivity contribution in [3.8, 4) is 0 Å². The van der Waals surface area contributed by atoms with Gasteiger partial charge >= 0.3 is 0 Å². The number of rotatable bonds is 4. The maximum atomic E-state index is 11.5. The fourth-order valence-corrected chi connectivity index (χ4v) is 2.25. The third-order valence-corrected chi connectivity index (χ3v) is 3.54. The maximum absolute atomic E-state index is 11.5. The fourth-order valence-electron chi connectivity index (χ4n) is 2.25. The van der Waals surface area contributed by atoms with E-state index < -0.39 is 5.60 Å². The molecule has 1 saturated heterocycles. The minimum Gasteiger partial charge on any atom is -0.388 e. The molecule has 4 nitrogen and oxygen atoms in total. The average Bonchev–Trinajstić information content (AvgIpc) is 2.64. The number of carbonyl (C=O) groups excluding carboxylic acids is 1. The van der Waals surface area contributed by atoms with E-state index in [1.54, 1.807) is 0 Å². The molecule has 1 saturated carbocycles. The summed E-state index contributed by atoms with van der Waals surface area (Å²) in [5, 5.41) is 15.9. The molecular weight excluding hydrogens is 192 g/mol. The van der Waals surface area contributed by atoms with E-state index in [9.17, 15) is 9.90 Å². The van der Waals surface area contributed by atoms with Gasteiger partial charge in [0.1, 0.15) is 0 Å². The van der Waals surface area contributed by atoms with Crippen molar-refractivity contribution < 1.29 is 9.90 Å². The van der Waals surface area contributed by atoms with Crippen LogP contribution in [-0.4, -0.2) is 36.2 Å². The molecule has 1 unspecified atom stereocenters. The Hall–Kier alpha value is -0.610. The van der Waals surface area contributed by atoms with Gasteiger partial charge in [-0.1, -0.05) is 0 Å². The normalized spacial score (nSPS) is 28.5. The second kappa shape index (κ2) is 4.49. The average molecular weight is 212 g/mol. The Balaban J connectivity index is 1.63. The minimum atomic E-state index is -0.594. The summed E-state index contributed by atoms with van der Waals surface area (Å²) in [5.74, 6) is 0.574. The lowest BCUT2D eigenvalue weighted by Crippen LogP contribution is -2.48. The smallest absolute Gasteiger partial charge is 0.220 e. The molecule has 1 atom stereocenters. The lowest BCUT2D eigenvalue weighted by Gasteiger charge is -2.36. The van der Waals surface area contributed by atoms with Crippen molar-refractivity contribution in [2.24, 2.45) is 5.92 Å². The second-order valence-corrected chi connectivity index (χ2v) is 4.92. The van der Waals surface area contributed by atoms with Gasteiger partial charge in [0.2, 0.25) is 5.91 Å². The highest BCUT2D eigenvalue weighted by atomic mass is 16.3. The van der Waals surface area contributed by atoms with Gasteiger partial charge in [0, 0.05) is 13.0 Å². The summed E-state index contributed by atoms with van der Waals surface area (Å²) in [6, 6.07) is 0. The monoisotopic (exact) mass is 212 g/mol. The van der Waals surface area contributed by atoms with E-state index in [2.05, 4.69) is 10.6 Å². The first kappa shape index (κ1) is 10.9. The van der Waals surface area contributed by atoms with Crippen molar-refractivity contribution in [3.05, 3.63) is 0 Å². The van der Waals surface area contributed by atoms with Crippen LogP contribution in [0.2, 0.25) is 0 Å². The fraction of sp³-hybridized carbons (Fsp3) is 0.909. The number of aliphatic hydroxyl groups is 1. The van der Waals surface area contributed by atoms with Gasteiger partial charge in [0.05, 0.1) is 5.60 Å². The topological polar surface area (TPSA) is 61.4 Å². The maximum Gasteiger partial charge on any atom is 0.220 e. The van der Waals surface area contributed by atoms with Gasteiger partial charge in [-0.3, -0.25) is 4.79 Å². The van der Waals surface area contributed by atoms with Gasteiger partial charge in [0.15, 0.2) is 0 Å². The van der Waals surface area contributed by atoms with E-state index in [0.29, 0.717) is 18.9 Å². The molecule has 15 heavy (non-hydrogen) atoms. The predicted molar refractivity (Wildman–Crippen MR) is 57.4 cm³/mol. The van der Waals surface area contributed by atoms with Crippen LogP contribution in [0.25, 0.3) is 0 Å². The van der Waals surface area contributed by atoms with E-state index in [1.807, 2.05) is 0 Å². The standard InChI is InChI=1S/C11H20N2O2/c14-10(6-9-2-5-12-7-9)13-8-11(15)3-1-4-11/h9,12,15H,1-8H2,(H,13,14). The van der Waals surface area contributed by atoms with Crippen LogP contribution in [0.1, 0.15) is 32.1 Å². The molecule has 0 aromatic rings. The predicted octanol–water partition coefficient (Wildman–Crippen LogP) is 0.0172. The van der Waals surface area contributed by atoms with Crippen LogP contribution >= 0.6 is 0 Å². The number of nitrogens with one attached hydrogen (secondary N) is 2. The van der Waals surface area contributed by atoms with Gasteiger partial charge in [-0.15, -0.1) is 0 Å². The van der Waals surface area contributed by atoms with Gasteiger partial charge in [-0.25, -0.2) is 0 Å². The van der Waals surface area contributed by atoms with Crippen molar-refractivity contribution in [2.75, 3.05) is 19.6 Å². The van der Waals surface area contributed by atoms with Crippen LogP contribution in [0.3, 0.4) is 0 Å². The lowest BCUT2D eigenvalue weighted by molar-refractivity contribution is -0.124. The Labute approximate surface area is 90.4 Å². The molecule has 1 heterocycles. The van der Waals surface area contributed by atoms with E-state index >= 15 is 0 Å². The first-order valence-corrected chi connectivity index (χ1v) is 5.88. The molecule has 3 N–H and O–H groups in total. The van der Waals surface area contributed by atoms with Gasteiger partial charge < -0.3 is 15.7 Å². The van der Waals surface area contributed by atoms with Crippen LogP contribution in [-0.2, 0) is 4.79 Å². The SMILES string of the molecule is O=C(CC1CCNC1)NCC1(O)CCC1. The lowest BCUT2D eigenvalue weighted by atomic mass is 9.80. The molecular formula is C11H20N2O2. The zero-order valence-corrected chi connectivity index (χ0v) is 9.09. The molecule has 86 valence electrons.